The lowest BCUT2D eigenvalue weighted by atomic mass is 10.1. The van der Waals surface area contributed by atoms with Gasteiger partial charge in [-0.05, 0) is 61.4 Å². The maximum atomic E-state index is 12.6. The number of aromatic nitrogens is 2. The third-order valence-electron chi connectivity index (χ3n) is 3.65. The number of rotatable bonds is 4. The number of nitrogens with zero attached hydrogens (tertiary/aromatic N) is 2. The molecule has 120 valence electrons. The second-order valence-electron chi connectivity index (χ2n) is 5.39. The molecule has 0 saturated heterocycles. The van der Waals surface area contributed by atoms with Gasteiger partial charge in [0.1, 0.15) is 5.03 Å². The summed E-state index contributed by atoms with van der Waals surface area (Å²) in [5.74, 6) is -0.180. The van der Waals surface area contributed by atoms with Crippen molar-refractivity contribution in [2.24, 2.45) is 0 Å². The van der Waals surface area contributed by atoms with Crippen molar-refractivity contribution >= 4 is 23.4 Å². The molecule has 1 N–H and O–H groups in total. The van der Waals surface area contributed by atoms with Gasteiger partial charge in [0.15, 0.2) is 0 Å². The topological polar surface area (TPSA) is 54.9 Å². The molecular weight excluding hydrogens is 318 g/mol. The number of amides is 1. The van der Waals surface area contributed by atoms with Gasteiger partial charge in [-0.3, -0.25) is 9.78 Å². The Morgan fingerprint density at radius 1 is 1.00 bits per heavy atom. The molecule has 2 heterocycles. The monoisotopic (exact) mass is 335 g/mol. The van der Waals surface area contributed by atoms with Crippen molar-refractivity contribution < 1.29 is 4.79 Å². The van der Waals surface area contributed by atoms with Crippen molar-refractivity contribution in [1.82, 2.24) is 9.97 Å². The Morgan fingerprint density at radius 3 is 2.54 bits per heavy atom. The lowest BCUT2D eigenvalue weighted by Crippen LogP contribution is -2.13. The molecule has 3 rings (SSSR count). The second kappa shape index (κ2) is 7.27. The van der Waals surface area contributed by atoms with Crippen LogP contribution in [0.2, 0.25) is 0 Å². The molecular formula is C19H17N3OS. The molecule has 1 amide bonds. The standard InChI is InChI=1S/C19H17N3OS/c1-13-5-6-16(12-14(13)2)24-19-17(4-3-9-21-19)18(23)22-15-7-10-20-11-8-15/h3-12H,1-2H3,(H,20,22,23). The van der Waals surface area contributed by atoms with Gasteiger partial charge in [0.2, 0.25) is 0 Å². The highest BCUT2D eigenvalue weighted by atomic mass is 32.2. The minimum Gasteiger partial charge on any atom is -0.322 e. The van der Waals surface area contributed by atoms with Crippen LogP contribution in [0.5, 0.6) is 0 Å². The van der Waals surface area contributed by atoms with Gasteiger partial charge in [-0.15, -0.1) is 0 Å². The Morgan fingerprint density at radius 2 is 1.79 bits per heavy atom. The van der Waals surface area contributed by atoms with Gasteiger partial charge in [0.05, 0.1) is 5.56 Å². The van der Waals surface area contributed by atoms with E-state index in [9.17, 15) is 4.79 Å². The Hall–Kier alpha value is -2.66. The fraction of sp³-hybridized carbons (Fsp3) is 0.105. The van der Waals surface area contributed by atoms with Gasteiger partial charge in [-0.25, -0.2) is 4.98 Å². The molecule has 0 unspecified atom stereocenters. The third-order valence-corrected chi connectivity index (χ3v) is 4.66. The molecule has 0 aliphatic carbocycles. The van der Waals surface area contributed by atoms with Crippen LogP contribution in [0.15, 0.2) is 71.0 Å². The molecule has 0 radical (unpaired) electrons. The zero-order valence-corrected chi connectivity index (χ0v) is 14.3. The molecule has 0 spiro atoms. The molecule has 5 heteroatoms. The summed E-state index contributed by atoms with van der Waals surface area (Å²) >= 11 is 1.49. The first-order valence-electron chi connectivity index (χ1n) is 7.55. The average Bonchev–Trinajstić information content (AvgIpc) is 2.59. The van der Waals surface area contributed by atoms with E-state index in [1.54, 1.807) is 42.9 Å². The van der Waals surface area contributed by atoms with Crippen LogP contribution in [0.25, 0.3) is 0 Å². The lowest BCUT2D eigenvalue weighted by molar-refractivity contribution is 0.102. The normalized spacial score (nSPS) is 10.4. The smallest absolute Gasteiger partial charge is 0.258 e. The van der Waals surface area contributed by atoms with Crippen LogP contribution in [0.4, 0.5) is 5.69 Å². The highest BCUT2D eigenvalue weighted by Gasteiger charge is 2.14. The second-order valence-corrected chi connectivity index (χ2v) is 6.46. The van der Waals surface area contributed by atoms with Gasteiger partial charge in [0.25, 0.3) is 5.91 Å². The van der Waals surface area contributed by atoms with Crippen LogP contribution in [0.3, 0.4) is 0 Å². The molecule has 0 fully saturated rings. The summed E-state index contributed by atoms with van der Waals surface area (Å²) in [4.78, 5) is 22.0. The van der Waals surface area contributed by atoms with Crippen molar-refractivity contribution in [3.05, 3.63) is 77.7 Å². The predicted molar refractivity (Wildman–Crippen MR) is 96.5 cm³/mol. The molecule has 24 heavy (non-hydrogen) atoms. The molecule has 2 aromatic heterocycles. The number of carbonyl (C=O) groups excluding carboxylic acids is 1. The van der Waals surface area contributed by atoms with Gasteiger partial charge >= 0.3 is 0 Å². The van der Waals surface area contributed by atoms with Crippen LogP contribution < -0.4 is 5.32 Å². The van der Waals surface area contributed by atoms with E-state index in [1.165, 1.54) is 22.9 Å². The van der Waals surface area contributed by atoms with E-state index in [-0.39, 0.29) is 5.91 Å². The van der Waals surface area contributed by atoms with E-state index in [4.69, 9.17) is 0 Å². The summed E-state index contributed by atoms with van der Waals surface area (Å²) in [5, 5.41) is 3.56. The van der Waals surface area contributed by atoms with E-state index in [1.807, 2.05) is 6.07 Å². The van der Waals surface area contributed by atoms with Crippen molar-refractivity contribution in [2.75, 3.05) is 5.32 Å². The Balaban J connectivity index is 1.84. The molecule has 0 aliphatic heterocycles. The molecule has 1 aromatic carbocycles. The summed E-state index contributed by atoms with van der Waals surface area (Å²) in [6.07, 6.45) is 4.99. The van der Waals surface area contributed by atoms with Gasteiger partial charge in [-0.2, -0.15) is 0 Å². The van der Waals surface area contributed by atoms with Crippen molar-refractivity contribution in [3.8, 4) is 0 Å². The van der Waals surface area contributed by atoms with Gasteiger partial charge < -0.3 is 5.32 Å². The SMILES string of the molecule is Cc1ccc(Sc2ncccc2C(=O)Nc2ccncc2)cc1C. The van der Waals surface area contributed by atoms with Gasteiger partial charge in [0, 0.05) is 29.2 Å². The molecule has 0 atom stereocenters. The van der Waals surface area contributed by atoms with E-state index in [0.717, 1.165) is 4.90 Å². The summed E-state index contributed by atoms with van der Waals surface area (Å²) in [6, 6.07) is 13.3. The zero-order valence-electron chi connectivity index (χ0n) is 13.5. The quantitative estimate of drug-likeness (QED) is 0.763. The zero-order chi connectivity index (χ0) is 16.9. The molecule has 3 aromatic rings. The lowest BCUT2D eigenvalue weighted by Gasteiger charge is -2.10. The minimum atomic E-state index is -0.180. The van der Waals surface area contributed by atoms with Crippen LogP contribution >= 0.6 is 11.8 Å². The minimum absolute atomic E-state index is 0.180. The predicted octanol–water partition coefficient (Wildman–Crippen LogP) is 4.50. The summed E-state index contributed by atoms with van der Waals surface area (Å²) in [6.45, 7) is 4.16. The summed E-state index contributed by atoms with van der Waals surface area (Å²) in [7, 11) is 0. The van der Waals surface area contributed by atoms with Crippen LogP contribution in [-0.2, 0) is 0 Å². The van der Waals surface area contributed by atoms with E-state index >= 15 is 0 Å². The van der Waals surface area contributed by atoms with Crippen molar-refractivity contribution in [2.45, 2.75) is 23.8 Å². The number of benzene rings is 1. The number of carbonyl (C=O) groups is 1. The Labute approximate surface area is 145 Å². The Kier molecular flexibility index (Phi) is 4.91. The maximum absolute atomic E-state index is 12.6. The number of anilines is 1. The van der Waals surface area contributed by atoms with Crippen LogP contribution in [0.1, 0.15) is 21.5 Å². The highest BCUT2D eigenvalue weighted by molar-refractivity contribution is 7.99. The number of pyridine rings is 2. The van der Waals surface area contributed by atoms with Gasteiger partial charge in [-0.1, -0.05) is 17.8 Å². The molecule has 0 saturated carbocycles. The first-order chi connectivity index (χ1) is 11.6. The van der Waals surface area contributed by atoms with E-state index < -0.39 is 0 Å². The number of nitrogens with one attached hydrogen (secondary N) is 1. The average molecular weight is 335 g/mol. The van der Waals surface area contributed by atoms with E-state index in [0.29, 0.717) is 16.3 Å². The van der Waals surface area contributed by atoms with E-state index in [2.05, 4.69) is 41.3 Å². The van der Waals surface area contributed by atoms with Crippen molar-refractivity contribution in [3.63, 3.8) is 0 Å². The highest BCUT2D eigenvalue weighted by Crippen LogP contribution is 2.30. The number of hydrogen-bond acceptors (Lipinski definition) is 4. The van der Waals surface area contributed by atoms with Crippen LogP contribution in [-0.4, -0.2) is 15.9 Å². The number of aryl methyl sites for hydroxylation is 2. The largest absolute Gasteiger partial charge is 0.322 e. The van der Waals surface area contributed by atoms with Crippen molar-refractivity contribution in [1.29, 1.82) is 0 Å². The Bertz CT molecular complexity index is 865. The first kappa shape index (κ1) is 16.2. The molecule has 0 bridgehead atoms. The fourth-order valence-corrected chi connectivity index (χ4v) is 3.15. The summed E-state index contributed by atoms with van der Waals surface area (Å²) < 4.78 is 0. The fourth-order valence-electron chi connectivity index (χ4n) is 2.17. The summed E-state index contributed by atoms with van der Waals surface area (Å²) in [5.41, 5.74) is 3.73. The number of hydrogen-bond donors (Lipinski definition) is 1. The van der Waals surface area contributed by atoms with Crippen LogP contribution in [0, 0.1) is 13.8 Å². The maximum Gasteiger partial charge on any atom is 0.258 e. The third kappa shape index (κ3) is 3.81. The molecule has 0 aliphatic rings. The molecule has 4 nitrogen and oxygen atoms in total. The first-order valence-corrected chi connectivity index (χ1v) is 8.36.